The molecule has 0 saturated carbocycles. The van der Waals surface area contributed by atoms with Crippen molar-refractivity contribution in [1.29, 1.82) is 0 Å². The summed E-state index contributed by atoms with van der Waals surface area (Å²) in [5.74, 6) is 0.222. The number of carbonyl (C=O) groups excluding carboxylic acids is 2. The van der Waals surface area contributed by atoms with E-state index in [2.05, 4.69) is 15.2 Å². The molecule has 192 valence electrons. The van der Waals surface area contributed by atoms with Gasteiger partial charge in [0.25, 0.3) is 0 Å². The van der Waals surface area contributed by atoms with Gasteiger partial charge in [-0.3, -0.25) is 14.5 Å². The van der Waals surface area contributed by atoms with Crippen LogP contribution >= 0.6 is 11.6 Å². The van der Waals surface area contributed by atoms with E-state index in [4.69, 9.17) is 11.6 Å². The second kappa shape index (κ2) is 11.3. The highest BCUT2D eigenvalue weighted by atomic mass is 35.5. The fraction of sp³-hybridized carbons (Fsp3) is 0.222. The summed E-state index contributed by atoms with van der Waals surface area (Å²) in [7, 11) is 3.65. The van der Waals surface area contributed by atoms with Crippen LogP contribution in [-0.4, -0.2) is 55.0 Å². The molecule has 1 saturated heterocycles. The monoisotopic (exact) mass is 523 g/mol. The van der Waals surface area contributed by atoms with Crippen LogP contribution in [0.25, 0.3) is 22.3 Å². The van der Waals surface area contributed by atoms with Gasteiger partial charge in [0.15, 0.2) is 0 Å². The molecule has 0 unspecified atom stereocenters. The van der Waals surface area contributed by atoms with Crippen molar-refractivity contribution >= 4 is 41.7 Å². The van der Waals surface area contributed by atoms with E-state index in [9.17, 15) is 19.1 Å². The van der Waals surface area contributed by atoms with Gasteiger partial charge in [-0.2, -0.15) is 0 Å². The van der Waals surface area contributed by atoms with Crippen molar-refractivity contribution in [2.75, 3.05) is 42.3 Å². The standard InChI is InChI=1S/C27H27ClFN5O3/c1-32(2)9-10-34(17-36)24-6-5-18(11-23(24)28)21-14-20(29)15-22(27(21)37)19-12-25(30-16-35)31-26(13-19)33-7-3-4-8-33/h5-6,9-17,37H,3-4,7-8H2,1-2H3,(H,30,31,35)/b10-9-. The first-order valence-corrected chi connectivity index (χ1v) is 12.1. The zero-order chi connectivity index (χ0) is 26.5. The van der Waals surface area contributed by atoms with Gasteiger partial charge in [-0.25, -0.2) is 9.37 Å². The van der Waals surface area contributed by atoms with Gasteiger partial charge in [0.1, 0.15) is 23.2 Å². The maximum Gasteiger partial charge on any atom is 0.218 e. The molecular weight excluding hydrogens is 497 g/mol. The molecule has 1 fully saturated rings. The number of aromatic hydroxyl groups is 1. The first-order chi connectivity index (χ1) is 17.8. The van der Waals surface area contributed by atoms with Crippen LogP contribution in [0.5, 0.6) is 5.75 Å². The van der Waals surface area contributed by atoms with Crippen LogP contribution in [0.2, 0.25) is 5.02 Å². The molecule has 4 rings (SSSR count). The number of phenols is 1. The summed E-state index contributed by atoms with van der Waals surface area (Å²) in [6.07, 6.45) is 6.48. The van der Waals surface area contributed by atoms with Crippen LogP contribution in [0.3, 0.4) is 0 Å². The quantitative estimate of drug-likeness (QED) is 0.380. The van der Waals surface area contributed by atoms with Crippen molar-refractivity contribution in [2.45, 2.75) is 12.8 Å². The highest BCUT2D eigenvalue weighted by Gasteiger charge is 2.20. The average Bonchev–Trinajstić information content (AvgIpc) is 3.41. The van der Waals surface area contributed by atoms with Crippen molar-refractivity contribution in [3.63, 3.8) is 0 Å². The van der Waals surface area contributed by atoms with Gasteiger partial charge in [0.2, 0.25) is 12.8 Å². The largest absolute Gasteiger partial charge is 0.507 e. The number of rotatable bonds is 9. The van der Waals surface area contributed by atoms with Gasteiger partial charge in [-0.05, 0) is 60.4 Å². The van der Waals surface area contributed by atoms with Crippen LogP contribution in [0, 0.1) is 5.82 Å². The summed E-state index contributed by atoms with van der Waals surface area (Å²) in [5.41, 5.74) is 1.88. The first kappa shape index (κ1) is 26.0. The topological polar surface area (TPSA) is 89.0 Å². The van der Waals surface area contributed by atoms with Crippen LogP contribution in [0.15, 0.2) is 54.9 Å². The molecule has 2 aromatic carbocycles. The maximum atomic E-state index is 14.9. The number of carbonyl (C=O) groups is 2. The van der Waals surface area contributed by atoms with Crippen molar-refractivity contribution < 1.29 is 19.1 Å². The maximum absolute atomic E-state index is 14.9. The Morgan fingerprint density at radius 1 is 1.03 bits per heavy atom. The van der Waals surface area contributed by atoms with E-state index in [1.54, 1.807) is 47.6 Å². The average molecular weight is 524 g/mol. The third-order valence-electron chi connectivity index (χ3n) is 6.01. The smallest absolute Gasteiger partial charge is 0.218 e. The SMILES string of the molecule is CN(C)/C=C\N(C=O)c1ccc(-c2cc(F)cc(-c3cc(NC=O)nc(N4CCCC4)c3)c2O)cc1Cl. The first-order valence-electron chi connectivity index (χ1n) is 11.7. The number of aromatic nitrogens is 1. The number of halogens is 2. The summed E-state index contributed by atoms with van der Waals surface area (Å²) >= 11 is 6.49. The lowest BCUT2D eigenvalue weighted by molar-refractivity contribution is -0.107. The van der Waals surface area contributed by atoms with Gasteiger partial charge in [-0.1, -0.05) is 17.7 Å². The molecular formula is C27H27ClFN5O3. The van der Waals surface area contributed by atoms with E-state index >= 15 is 0 Å². The molecule has 0 bridgehead atoms. The van der Waals surface area contributed by atoms with Crippen molar-refractivity contribution in [2.24, 2.45) is 0 Å². The van der Waals surface area contributed by atoms with Crippen molar-refractivity contribution in [1.82, 2.24) is 9.88 Å². The van der Waals surface area contributed by atoms with Crippen LogP contribution in [0.1, 0.15) is 12.8 Å². The Labute approximate surface area is 219 Å². The Bertz CT molecular complexity index is 1340. The molecule has 2 heterocycles. The van der Waals surface area contributed by atoms with E-state index in [1.807, 2.05) is 14.1 Å². The Hall–Kier alpha value is -4.11. The number of hydrogen-bond acceptors (Lipinski definition) is 6. The Morgan fingerprint density at radius 3 is 2.35 bits per heavy atom. The summed E-state index contributed by atoms with van der Waals surface area (Å²) in [4.78, 5) is 32.4. The molecule has 2 amide bonds. The van der Waals surface area contributed by atoms with Crippen LogP contribution in [0.4, 0.5) is 21.7 Å². The summed E-state index contributed by atoms with van der Waals surface area (Å²) in [6.45, 7) is 1.65. The van der Waals surface area contributed by atoms with Gasteiger partial charge < -0.3 is 20.2 Å². The minimum absolute atomic E-state index is 0.152. The number of nitrogens with zero attached hydrogens (tertiary/aromatic N) is 4. The van der Waals surface area contributed by atoms with Gasteiger partial charge >= 0.3 is 0 Å². The lowest BCUT2D eigenvalue weighted by atomic mass is 9.97. The molecule has 1 aromatic heterocycles. The summed E-state index contributed by atoms with van der Waals surface area (Å²) < 4.78 is 14.9. The zero-order valence-electron chi connectivity index (χ0n) is 20.5. The highest BCUT2D eigenvalue weighted by molar-refractivity contribution is 6.34. The predicted octanol–water partition coefficient (Wildman–Crippen LogP) is 5.08. The highest BCUT2D eigenvalue weighted by Crippen LogP contribution is 2.42. The van der Waals surface area contributed by atoms with Crippen molar-refractivity contribution in [3.8, 4) is 28.0 Å². The fourth-order valence-corrected chi connectivity index (χ4v) is 4.49. The second-order valence-corrected chi connectivity index (χ2v) is 9.25. The second-order valence-electron chi connectivity index (χ2n) is 8.85. The van der Waals surface area contributed by atoms with E-state index in [0.29, 0.717) is 41.3 Å². The van der Waals surface area contributed by atoms with Gasteiger partial charge in [0.05, 0.1) is 10.7 Å². The molecule has 0 spiro atoms. The van der Waals surface area contributed by atoms with E-state index < -0.39 is 5.82 Å². The third-order valence-corrected chi connectivity index (χ3v) is 6.31. The molecule has 37 heavy (non-hydrogen) atoms. The number of amides is 2. The molecule has 0 radical (unpaired) electrons. The molecule has 10 heteroatoms. The van der Waals surface area contributed by atoms with Gasteiger partial charge in [-0.15, -0.1) is 0 Å². The lowest BCUT2D eigenvalue weighted by Gasteiger charge is -2.19. The number of pyridine rings is 1. The van der Waals surface area contributed by atoms with E-state index in [-0.39, 0.29) is 21.9 Å². The number of anilines is 3. The molecule has 0 atom stereocenters. The minimum atomic E-state index is -0.559. The summed E-state index contributed by atoms with van der Waals surface area (Å²) in [5, 5.41) is 14.0. The zero-order valence-corrected chi connectivity index (χ0v) is 21.2. The Balaban J connectivity index is 1.77. The summed E-state index contributed by atoms with van der Waals surface area (Å²) in [6, 6.07) is 10.7. The molecule has 1 aliphatic rings. The number of phenolic OH excluding ortho intramolecular Hbond substituents is 1. The number of nitrogens with one attached hydrogen (secondary N) is 1. The number of hydrogen-bond donors (Lipinski definition) is 2. The fourth-order valence-electron chi connectivity index (χ4n) is 4.21. The molecule has 2 N–H and O–H groups in total. The lowest BCUT2D eigenvalue weighted by Crippen LogP contribution is -2.19. The van der Waals surface area contributed by atoms with Crippen molar-refractivity contribution in [3.05, 3.63) is 65.7 Å². The molecule has 8 nitrogen and oxygen atoms in total. The third kappa shape index (κ3) is 5.83. The minimum Gasteiger partial charge on any atom is -0.507 e. The number of benzene rings is 2. The Morgan fingerprint density at radius 2 is 1.73 bits per heavy atom. The van der Waals surface area contributed by atoms with E-state index in [0.717, 1.165) is 25.9 Å². The molecule has 1 aliphatic heterocycles. The predicted molar refractivity (Wildman–Crippen MR) is 144 cm³/mol. The molecule has 3 aromatic rings. The molecule has 0 aliphatic carbocycles. The normalized spacial score (nSPS) is 13.1. The van der Waals surface area contributed by atoms with Crippen LogP contribution < -0.4 is 15.1 Å². The Kier molecular flexibility index (Phi) is 7.93. The van der Waals surface area contributed by atoms with E-state index in [1.165, 1.54) is 17.0 Å². The van der Waals surface area contributed by atoms with Crippen LogP contribution in [-0.2, 0) is 9.59 Å². The van der Waals surface area contributed by atoms with Gasteiger partial charge in [0, 0.05) is 50.7 Å².